The van der Waals surface area contributed by atoms with Gasteiger partial charge in [0.25, 0.3) is 15.9 Å². The number of benzene rings is 1. The average Bonchev–Trinajstić information content (AvgIpc) is 2.62. The van der Waals surface area contributed by atoms with Gasteiger partial charge in [-0.3, -0.25) is 9.59 Å². The van der Waals surface area contributed by atoms with Crippen molar-refractivity contribution in [1.29, 1.82) is 0 Å². The van der Waals surface area contributed by atoms with Gasteiger partial charge in [0.05, 0.1) is 6.61 Å². The number of nitrogens with one attached hydrogen (secondary N) is 2. The van der Waals surface area contributed by atoms with E-state index in [1.165, 1.54) is 30.5 Å². The number of nitrogens with zero attached hydrogens (tertiary/aromatic N) is 1. The van der Waals surface area contributed by atoms with Crippen LogP contribution in [-0.4, -0.2) is 31.8 Å². The number of carbonyl (C=O) groups excluding carboxylic acids is 2. The number of pyridine rings is 1. The zero-order chi connectivity index (χ0) is 19.2. The lowest BCUT2D eigenvalue weighted by atomic mass is 10.2. The van der Waals surface area contributed by atoms with Crippen LogP contribution >= 0.6 is 0 Å². The number of sulfonamides is 1. The van der Waals surface area contributed by atoms with Gasteiger partial charge < -0.3 is 10.1 Å². The summed E-state index contributed by atoms with van der Waals surface area (Å²) in [5.74, 6) is -1.13. The van der Waals surface area contributed by atoms with Crippen molar-refractivity contribution in [3.05, 3.63) is 48.2 Å². The van der Waals surface area contributed by atoms with Gasteiger partial charge in [0.2, 0.25) is 11.8 Å². The maximum Gasteiger partial charge on any atom is 0.269 e. The van der Waals surface area contributed by atoms with Crippen molar-refractivity contribution in [2.24, 2.45) is 0 Å². The molecular formula is C17H19N3O5S. The molecule has 0 bridgehead atoms. The SMILES string of the molecule is CCOc1ncccc1S(=O)(=O)NC(=O)c1cccc(NC(=O)CC)c1. The second-order valence-corrected chi connectivity index (χ2v) is 6.81. The maximum absolute atomic E-state index is 12.5. The first-order valence-corrected chi connectivity index (χ1v) is 9.40. The lowest BCUT2D eigenvalue weighted by molar-refractivity contribution is -0.115. The summed E-state index contributed by atoms with van der Waals surface area (Å²) in [6.45, 7) is 3.62. The Morgan fingerprint density at radius 1 is 1.15 bits per heavy atom. The molecule has 2 rings (SSSR count). The largest absolute Gasteiger partial charge is 0.477 e. The van der Waals surface area contributed by atoms with Gasteiger partial charge >= 0.3 is 0 Å². The third-order valence-electron chi connectivity index (χ3n) is 3.26. The Balaban J connectivity index is 2.24. The average molecular weight is 377 g/mol. The fourth-order valence-electron chi connectivity index (χ4n) is 2.05. The topological polar surface area (TPSA) is 114 Å². The molecule has 2 aromatic rings. The van der Waals surface area contributed by atoms with Crippen LogP contribution in [0.1, 0.15) is 30.6 Å². The van der Waals surface area contributed by atoms with Gasteiger partial charge in [0.15, 0.2) is 0 Å². The summed E-state index contributed by atoms with van der Waals surface area (Å²) >= 11 is 0. The Morgan fingerprint density at radius 3 is 2.62 bits per heavy atom. The van der Waals surface area contributed by atoms with E-state index in [9.17, 15) is 18.0 Å². The van der Waals surface area contributed by atoms with E-state index in [2.05, 4.69) is 10.3 Å². The standard InChI is InChI=1S/C17H19N3O5S/c1-3-15(21)19-13-8-5-7-12(11-13)16(22)20-26(23,24)14-9-6-10-18-17(14)25-4-2/h5-11H,3-4H2,1-2H3,(H,19,21)(H,20,22). The highest BCUT2D eigenvalue weighted by molar-refractivity contribution is 7.90. The summed E-state index contributed by atoms with van der Waals surface area (Å²) in [4.78, 5) is 27.4. The zero-order valence-corrected chi connectivity index (χ0v) is 15.2. The zero-order valence-electron chi connectivity index (χ0n) is 14.4. The molecule has 0 unspecified atom stereocenters. The fraction of sp³-hybridized carbons (Fsp3) is 0.235. The smallest absolute Gasteiger partial charge is 0.269 e. The molecule has 138 valence electrons. The van der Waals surface area contributed by atoms with E-state index in [1.54, 1.807) is 26.0 Å². The predicted molar refractivity (Wildman–Crippen MR) is 95.4 cm³/mol. The molecule has 0 aliphatic rings. The molecule has 0 atom stereocenters. The highest BCUT2D eigenvalue weighted by atomic mass is 32.2. The molecule has 2 N–H and O–H groups in total. The number of anilines is 1. The predicted octanol–water partition coefficient (Wildman–Crippen LogP) is 1.95. The first-order valence-electron chi connectivity index (χ1n) is 7.92. The summed E-state index contributed by atoms with van der Waals surface area (Å²) in [5.41, 5.74) is 0.489. The Hall–Kier alpha value is -2.94. The van der Waals surface area contributed by atoms with Crippen molar-refractivity contribution in [2.45, 2.75) is 25.2 Å². The number of rotatable bonds is 7. The van der Waals surface area contributed by atoms with Crippen LogP contribution in [0.2, 0.25) is 0 Å². The van der Waals surface area contributed by atoms with Gasteiger partial charge in [-0.2, -0.15) is 0 Å². The van der Waals surface area contributed by atoms with E-state index in [0.29, 0.717) is 5.69 Å². The van der Waals surface area contributed by atoms with E-state index in [-0.39, 0.29) is 35.3 Å². The molecule has 0 fully saturated rings. The van der Waals surface area contributed by atoms with E-state index in [0.717, 1.165) is 0 Å². The molecule has 0 saturated heterocycles. The molecule has 0 aliphatic carbocycles. The van der Waals surface area contributed by atoms with E-state index >= 15 is 0 Å². The summed E-state index contributed by atoms with van der Waals surface area (Å²) < 4.78 is 32.2. The summed E-state index contributed by atoms with van der Waals surface area (Å²) in [5, 5.41) is 2.61. The number of aromatic nitrogens is 1. The quantitative estimate of drug-likeness (QED) is 0.762. The van der Waals surface area contributed by atoms with E-state index in [4.69, 9.17) is 4.74 Å². The van der Waals surface area contributed by atoms with Crippen molar-refractivity contribution in [3.8, 4) is 5.88 Å². The van der Waals surface area contributed by atoms with Crippen molar-refractivity contribution in [1.82, 2.24) is 9.71 Å². The highest BCUT2D eigenvalue weighted by Crippen LogP contribution is 2.20. The molecule has 0 saturated carbocycles. The molecule has 1 heterocycles. The van der Waals surface area contributed by atoms with Crippen molar-refractivity contribution >= 4 is 27.5 Å². The molecule has 1 aromatic carbocycles. The van der Waals surface area contributed by atoms with E-state index < -0.39 is 15.9 Å². The second-order valence-electron chi connectivity index (χ2n) is 5.16. The first-order chi connectivity index (χ1) is 12.4. The lowest BCUT2D eigenvalue weighted by Crippen LogP contribution is -2.31. The molecule has 2 amide bonds. The van der Waals surface area contributed by atoms with Crippen molar-refractivity contribution in [3.63, 3.8) is 0 Å². The number of amides is 2. The van der Waals surface area contributed by atoms with Gasteiger partial charge in [0.1, 0.15) is 4.90 Å². The Labute approximate surface area is 151 Å². The summed E-state index contributed by atoms with van der Waals surface area (Å²) in [6, 6.07) is 8.72. The molecule has 8 nitrogen and oxygen atoms in total. The third kappa shape index (κ3) is 4.79. The van der Waals surface area contributed by atoms with Crippen molar-refractivity contribution in [2.75, 3.05) is 11.9 Å². The second kappa shape index (κ2) is 8.43. The number of hydrogen-bond donors (Lipinski definition) is 2. The number of ether oxygens (including phenoxy) is 1. The van der Waals surface area contributed by atoms with Crippen LogP contribution in [0.3, 0.4) is 0 Å². The monoisotopic (exact) mass is 377 g/mol. The van der Waals surface area contributed by atoms with Gasteiger partial charge in [-0.15, -0.1) is 0 Å². The van der Waals surface area contributed by atoms with Crippen LogP contribution in [-0.2, 0) is 14.8 Å². The van der Waals surface area contributed by atoms with Gasteiger partial charge in [-0.1, -0.05) is 13.0 Å². The molecule has 9 heteroatoms. The lowest BCUT2D eigenvalue weighted by Gasteiger charge is -2.11. The fourth-order valence-corrected chi connectivity index (χ4v) is 3.12. The van der Waals surface area contributed by atoms with Crippen LogP contribution in [0, 0.1) is 0 Å². The minimum Gasteiger partial charge on any atom is -0.477 e. The minimum absolute atomic E-state index is 0.0840. The van der Waals surface area contributed by atoms with Crippen molar-refractivity contribution < 1.29 is 22.7 Å². The molecule has 0 radical (unpaired) electrons. The van der Waals surface area contributed by atoms with Crippen LogP contribution in [0.25, 0.3) is 0 Å². The normalized spacial score (nSPS) is 10.8. The van der Waals surface area contributed by atoms with Gasteiger partial charge in [0, 0.05) is 23.9 Å². The highest BCUT2D eigenvalue weighted by Gasteiger charge is 2.23. The number of hydrogen-bond acceptors (Lipinski definition) is 6. The molecule has 0 aliphatic heterocycles. The molecule has 1 aromatic heterocycles. The van der Waals surface area contributed by atoms with Crippen LogP contribution in [0.15, 0.2) is 47.5 Å². The van der Waals surface area contributed by atoms with Gasteiger partial charge in [-0.05, 0) is 37.3 Å². The number of carbonyl (C=O) groups is 2. The minimum atomic E-state index is -4.18. The van der Waals surface area contributed by atoms with Crippen LogP contribution in [0.5, 0.6) is 5.88 Å². The Morgan fingerprint density at radius 2 is 1.92 bits per heavy atom. The Bertz CT molecular complexity index is 912. The first kappa shape index (κ1) is 19.4. The van der Waals surface area contributed by atoms with Crippen LogP contribution in [0.4, 0.5) is 5.69 Å². The Kier molecular flexibility index (Phi) is 6.29. The van der Waals surface area contributed by atoms with E-state index in [1.807, 2.05) is 4.72 Å². The third-order valence-corrected chi connectivity index (χ3v) is 4.61. The van der Waals surface area contributed by atoms with Crippen LogP contribution < -0.4 is 14.8 Å². The maximum atomic E-state index is 12.5. The van der Waals surface area contributed by atoms with Gasteiger partial charge in [-0.25, -0.2) is 18.1 Å². The summed E-state index contributed by atoms with van der Waals surface area (Å²) in [6.07, 6.45) is 1.68. The molecular weight excluding hydrogens is 358 g/mol. The summed E-state index contributed by atoms with van der Waals surface area (Å²) in [7, 11) is -4.18. The molecule has 0 spiro atoms. The molecule has 26 heavy (non-hydrogen) atoms.